The van der Waals surface area contributed by atoms with Gasteiger partial charge in [0.1, 0.15) is 12.4 Å². The summed E-state index contributed by atoms with van der Waals surface area (Å²) in [5, 5.41) is 9.24. The first-order valence-electron chi connectivity index (χ1n) is 6.64. The number of hydrogen-bond donors (Lipinski definition) is 1. The molecule has 0 aliphatic carbocycles. The van der Waals surface area contributed by atoms with Crippen LogP contribution in [0, 0.1) is 12.7 Å². The molecule has 0 saturated carbocycles. The molecule has 1 N–H and O–H groups in total. The van der Waals surface area contributed by atoms with Gasteiger partial charge in [-0.3, -0.25) is 4.40 Å². The van der Waals surface area contributed by atoms with E-state index in [4.69, 9.17) is 4.74 Å². The van der Waals surface area contributed by atoms with Gasteiger partial charge >= 0.3 is 5.97 Å². The largest absolute Gasteiger partial charge is 0.485 e. The topological polar surface area (TPSA) is 63.8 Å². The quantitative estimate of drug-likeness (QED) is 0.804. The van der Waals surface area contributed by atoms with E-state index in [0.717, 1.165) is 5.56 Å². The fourth-order valence-electron chi connectivity index (χ4n) is 2.27. The molecule has 2 aromatic heterocycles. The molecule has 0 spiro atoms. The molecule has 0 amide bonds. The van der Waals surface area contributed by atoms with Gasteiger partial charge in [0.2, 0.25) is 0 Å². The monoisotopic (exact) mass is 300 g/mol. The Kier molecular flexibility index (Phi) is 3.50. The Morgan fingerprint density at radius 1 is 1.32 bits per heavy atom. The highest BCUT2D eigenvalue weighted by molar-refractivity contribution is 5.88. The molecule has 112 valence electrons. The number of aryl methyl sites for hydroxylation is 1. The Balaban J connectivity index is 1.92. The molecule has 0 saturated heterocycles. The number of rotatable bonds is 4. The lowest BCUT2D eigenvalue weighted by Crippen LogP contribution is -2.04. The normalized spacial score (nSPS) is 10.8. The van der Waals surface area contributed by atoms with Gasteiger partial charge in [-0.2, -0.15) is 0 Å². The first-order valence-corrected chi connectivity index (χ1v) is 6.64. The SMILES string of the molecule is Cc1nc2c(OCc3ccc(F)cc3)cccn2c1C(=O)O. The molecule has 0 unspecified atom stereocenters. The zero-order valence-corrected chi connectivity index (χ0v) is 11.8. The highest BCUT2D eigenvalue weighted by Gasteiger charge is 2.17. The maximum atomic E-state index is 12.9. The third kappa shape index (κ3) is 2.50. The number of nitrogens with zero attached hydrogens (tertiary/aromatic N) is 2. The average Bonchev–Trinajstić information content (AvgIpc) is 2.83. The van der Waals surface area contributed by atoms with Crippen molar-refractivity contribution in [2.45, 2.75) is 13.5 Å². The molecule has 0 fully saturated rings. The van der Waals surface area contributed by atoms with E-state index in [2.05, 4.69) is 4.98 Å². The van der Waals surface area contributed by atoms with Gasteiger partial charge in [0.25, 0.3) is 0 Å². The zero-order valence-electron chi connectivity index (χ0n) is 11.8. The smallest absolute Gasteiger partial charge is 0.354 e. The molecule has 22 heavy (non-hydrogen) atoms. The van der Waals surface area contributed by atoms with E-state index in [1.807, 2.05) is 0 Å². The number of pyridine rings is 1. The average molecular weight is 300 g/mol. The van der Waals surface area contributed by atoms with E-state index in [9.17, 15) is 14.3 Å². The van der Waals surface area contributed by atoms with Crippen molar-refractivity contribution < 1.29 is 19.0 Å². The van der Waals surface area contributed by atoms with Crippen LogP contribution >= 0.6 is 0 Å². The lowest BCUT2D eigenvalue weighted by atomic mass is 10.2. The van der Waals surface area contributed by atoms with Gasteiger partial charge < -0.3 is 9.84 Å². The second kappa shape index (κ2) is 5.48. The lowest BCUT2D eigenvalue weighted by Gasteiger charge is -2.07. The second-order valence-corrected chi connectivity index (χ2v) is 4.83. The van der Waals surface area contributed by atoms with Crippen molar-refractivity contribution in [3.8, 4) is 5.75 Å². The number of carboxylic acid groups (broad SMARTS) is 1. The summed E-state index contributed by atoms with van der Waals surface area (Å²) >= 11 is 0. The molecule has 2 heterocycles. The van der Waals surface area contributed by atoms with Crippen molar-refractivity contribution in [3.05, 3.63) is 65.4 Å². The van der Waals surface area contributed by atoms with Crippen molar-refractivity contribution in [2.24, 2.45) is 0 Å². The molecule has 0 atom stereocenters. The van der Waals surface area contributed by atoms with Gasteiger partial charge in [0, 0.05) is 6.20 Å². The minimum absolute atomic E-state index is 0.113. The van der Waals surface area contributed by atoms with Crippen LogP contribution in [0.15, 0.2) is 42.6 Å². The number of carbonyl (C=O) groups is 1. The Morgan fingerprint density at radius 2 is 2.05 bits per heavy atom. The molecular formula is C16H13FN2O3. The number of hydrogen-bond acceptors (Lipinski definition) is 3. The molecule has 3 rings (SSSR count). The standard InChI is InChI=1S/C16H13FN2O3/c1-10-14(16(20)21)19-8-2-3-13(15(19)18-10)22-9-11-4-6-12(17)7-5-11/h2-8H,9H2,1H3,(H,20,21). The third-order valence-electron chi connectivity index (χ3n) is 3.30. The summed E-state index contributed by atoms with van der Waals surface area (Å²) in [7, 11) is 0. The molecule has 6 heteroatoms. The number of halogens is 1. The van der Waals surface area contributed by atoms with Gasteiger partial charge in [-0.25, -0.2) is 14.2 Å². The Hall–Kier alpha value is -2.89. The van der Waals surface area contributed by atoms with Crippen molar-refractivity contribution in [2.75, 3.05) is 0 Å². The van der Waals surface area contributed by atoms with Gasteiger partial charge in [-0.05, 0) is 36.8 Å². The van der Waals surface area contributed by atoms with Crippen LogP contribution in [-0.4, -0.2) is 20.5 Å². The predicted octanol–water partition coefficient (Wildman–Crippen LogP) is 3.06. The van der Waals surface area contributed by atoms with E-state index in [-0.39, 0.29) is 18.1 Å². The van der Waals surface area contributed by atoms with Crippen LogP contribution in [-0.2, 0) is 6.61 Å². The minimum Gasteiger partial charge on any atom is -0.485 e. The number of aromatic carboxylic acids is 1. The van der Waals surface area contributed by atoms with Gasteiger partial charge in [-0.15, -0.1) is 0 Å². The highest BCUT2D eigenvalue weighted by atomic mass is 19.1. The molecular weight excluding hydrogens is 287 g/mol. The zero-order chi connectivity index (χ0) is 15.7. The van der Waals surface area contributed by atoms with E-state index >= 15 is 0 Å². The Morgan fingerprint density at radius 3 is 2.73 bits per heavy atom. The van der Waals surface area contributed by atoms with Gasteiger partial charge in [-0.1, -0.05) is 12.1 Å². The maximum Gasteiger partial charge on any atom is 0.354 e. The number of fused-ring (bicyclic) bond motifs is 1. The van der Waals surface area contributed by atoms with Crippen LogP contribution in [0.3, 0.4) is 0 Å². The fraction of sp³-hybridized carbons (Fsp3) is 0.125. The highest BCUT2D eigenvalue weighted by Crippen LogP contribution is 2.23. The second-order valence-electron chi connectivity index (χ2n) is 4.83. The van der Waals surface area contributed by atoms with Crippen LogP contribution in [0.1, 0.15) is 21.7 Å². The molecule has 0 radical (unpaired) electrons. The Labute approximate surface area is 125 Å². The molecule has 0 aliphatic rings. The van der Waals surface area contributed by atoms with E-state index < -0.39 is 5.97 Å². The Bertz CT molecular complexity index is 840. The fourth-order valence-corrected chi connectivity index (χ4v) is 2.27. The van der Waals surface area contributed by atoms with E-state index in [0.29, 0.717) is 17.1 Å². The number of ether oxygens (including phenoxy) is 1. The van der Waals surface area contributed by atoms with Crippen LogP contribution in [0.5, 0.6) is 5.75 Å². The van der Waals surface area contributed by atoms with Crippen LogP contribution in [0.2, 0.25) is 0 Å². The van der Waals surface area contributed by atoms with Crippen molar-refractivity contribution in [3.63, 3.8) is 0 Å². The number of imidazole rings is 1. The minimum atomic E-state index is -1.04. The summed E-state index contributed by atoms with van der Waals surface area (Å²) in [6.45, 7) is 1.88. The molecule has 0 aliphatic heterocycles. The number of carboxylic acids is 1. The maximum absolute atomic E-state index is 12.9. The summed E-state index contributed by atoms with van der Waals surface area (Å²) in [5.41, 5.74) is 1.79. The van der Waals surface area contributed by atoms with Crippen molar-refractivity contribution >= 4 is 11.6 Å². The number of aromatic nitrogens is 2. The summed E-state index contributed by atoms with van der Waals surface area (Å²) in [4.78, 5) is 15.5. The number of benzene rings is 1. The van der Waals surface area contributed by atoms with Crippen LogP contribution in [0.4, 0.5) is 4.39 Å². The molecule has 3 aromatic rings. The third-order valence-corrected chi connectivity index (χ3v) is 3.30. The molecule has 0 bridgehead atoms. The summed E-state index contributed by atoms with van der Waals surface area (Å²) < 4.78 is 20.0. The van der Waals surface area contributed by atoms with E-state index in [1.54, 1.807) is 37.4 Å². The summed E-state index contributed by atoms with van der Waals surface area (Å²) in [6, 6.07) is 9.41. The van der Waals surface area contributed by atoms with Gasteiger partial charge in [0.15, 0.2) is 17.1 Å². The van der Waals surface area contributed by atoms with Crippen molar-refractivity contribution in [1.82, 2.24) is 9.38 Å². The predicted molar refractivity (Wildman–Crippen MR) is 77.6 cm³/mol. The first kappa shape index (κ1) is 14.1. The lowest BCUT2D eigenvalue weighted by molar-refractivity contribution is 0.0688. The van der Waals surface area contributed by atoms with Crippen molar-refractivity contribution in [1.29, 1.82) is 0 Å². The van der Waals surface area contributed by atoms with Gasteiger partial charge in [0.05, 0.1) is 5.69 Å². The molecule has 1 aromatic carbocycles. The molecule has 5 nitrogen and oxygen atoms in total. The van der Waals surface area contributed by atoms with E-state index in [1.165, 1.54) is 16.5 Å². The summed E-state index contributed by atoms with van der Waals surface area (Å²) in [6.07, 6.45) is 1.63. The van der Waals surface area contributed by atoms with Crippen LogP contribution < -0.4 is 4.74 Å². The van der Waals surface area contributed by atoms with Crippen LogP contribution in [0.25, 0.3) is 5.65 Å². The first-order chi connectivity index (χ1) is 10.6. The summed E-state index contributed by atoms with van der Waals surface area (Å²) in [5.74, 6) is -0.871.